The highest BCUT2D eigenvalue weighted by molar-refractivity contribution is 8.00. The van der Waals surface area contributed by atoms with Gasteiger partial charge in [0.2, 0.25) is 0 Å². The summed E-state index contributed by atoms with van der Waals surface area (Å²) in [5.41, 5.74) is 0. The van der Waals surface area contributed by atoms with E-state index >= 15 is 0 Å². The Morgan fingerprint density at radius 1 is 1.40 bits per heavy atom. The van der Waals surface area contributed by atoms with Crippen molar-refractivity contribution in [1.29, 1.82) is 0 Å². The maximum atomic E-state index is 8.87. The molecule has 0 saturated carbocycles. The molecule has 0 rings (SSSR count). The zero-order valence-corrected chi connectivity index (χ0v) is 8.00. The molecule has 0 saturated heterocycles. The SMILES string of the molecule is CCCCSC(C)(C)CO. The Morgan fingerprint density at radius 2 is 2.00 bits per heavy atom. The topological polar surface area (TPSA) is 20.2 Å². The summed E-state index contributed by atoms with van der Waals surface area (Å²) >= 11 is 1.85. The maximum absolute atomic E-state index is 8.87. The number of unbranched alkanes of at least 4 members (excludes halogenated alkanes) is 1. The molecular formula is C8H18OS. The van der Waals surface area contributed by atoms with E-state index in [0.29, 0.717) is 0 Å². The number of hydrogen-bond acceptors (Lipinski definition) is 2. The van der Waals surface area contributed by atoms with Crippen LogP contribution in [0.5, 0.6) is 0 Å². The van der Waals surface area contributed by atoms with Gasteiger partial charge in [0.1, 0.15) is 0 Å². The lowest BCUT2D eigenvalue weighted by atomic mass is 10.2. The van der Waals surface area contributed by atoms with Crippen molar-refractivity contribution < 1.29 is 5.11 Å². The summed E-state index contributed by atoms with van der Waals surface area (Å²) in [6, 6.07) is 0. The van der Waals surface area contributed by atoms with E-state index in [0.717, 1.165) is 0 Å². The Hall–Kier alpha value is 0.310. The van der Waals surface area contributed by atoms with E-state index in [4.69, 9.17) is 5.11 Å². The van der Waals surface area contributed by atoms with Crippen LogP contribution >= 0.6 is 11.8 Å². The smallest absolute Gasteiger partial charge is 0.0572 e. The van der Waals surface area contributed by atoms with Crippen LogP contribution in [0.3, 0.4) is 0 Å². The molecule has 10 heavy (non-hydrogen) atoms. The zero-order valence-electron chi connectivity index (χ0n) is 7.18. The molecule has 0 spiro atoms. The molecule has 1 nitrogen and oxygen atoms in total. The third-order valence-electron chi connectivity index (χ3n) is 1.37. The average molecular weight is 162 g/mol. The summed E-state index contributed by atoms with van der Waals surface area (Å²) < 4.78 is 0.0647. The Balaban J connectivity index is 3.28. The predicted molar refractivity (Wildman–Crippen MR) is 48.5 cm³/mol. The van der Waals surface area contributed by atoms with E-state index in [2.05, 4.69) is 20.8 Å². The molecule has 0 amide bonds. The van der Waals surface area contributed by atoms with Gasteiger partial charge in [-0.05, 0) is 26.0 Å². The first-order valence-electron chi connectivity index (χ1n) is 3.87. The van der Waals surface area contributed by atoms with Crippen LogP contribution in [0.15, 0.2) is 0 Å². The van der Waals surface area contributed by atoms with Gasteiger partial charge in [0, 0.05) is 4.75 Å². The number of aliphatic hydroxyl groups is 1. The lowest BCUT2D eigenvalue weighted by Crippen LogP contribution is -2.20. The first-order chi connectivity index (χ1) is 4.62. The van der Waals surface area contributed by atoms with Crippen molar-refractivity contribution in [3.63, 3.8) is 0 Å². The van der Waals surface area contributed by atoms with Gasteiger partial charge in [0.05, 0.1) is 6.61 Å². The quantitative estimate of drug-likeness (QED) is 0.626. The van der Waals surface area contributed by atoms with Crippen molar-refractivity contribution in [2.45, 2.75) is 38.4 Å². The summed E-state index contributed by atoms with van der Waals surface area (Å²) in [5.74, 6) is 1.17. The Kier molecular flexibility index (Phi) is 5.18. The molecule has 0 aromatic heterocycles. The molecule has 0 aromatic rings. The minimum atomic E-state index is 0.0647. The molecule has 0 heterocycles. The van der Waals surface area contributed by atoms with Crippen molar-refractivity contribution in [3.8, 4) is 0 Å². The molecule has 1 N–H and O–H groups in total. The Bertz CT molecular complexity index is 81.3. The van der Waals surface area contributed by atoms with E-state index in [9.17, 15) is 0 Å². The normalized spacial score (nSPS) is 12.0. The largest absolute Gasteiger partial charge is 0.395 e. The summed E-state index contributed by atoms with van der Waals surface area (Å²) in [6.07, 6.45) is 2.50. The maximum Gasteiger partial charge on any atom is 0.0572 e. The standard InChI is InChI=1S/C8H18OS/c1-4-5-6-10-8(2,3)7-9/h9H,4-7H2,1-3H3. The summed E-state index contributed by atoms with van der Waals surface area (Å²) in [7, 11) is 0. The van der Waals surface area contributed by atoms with E-state index in [1.807, 2.05) is 11.8 Å². The van der Waals surface area contributed by atoms with Crippen molar-refractivity contribution in [3.05, 3.63) is 0 Å². The molecule has 0 aliphatic rings. The van der Waals surface area contributed by atoms with Crippen LogP contribution in [0, 0.1) is 0 Å². The van der Waals surface area contributed by atoms with Gasteiger partial charge in [0.25, 0.3) is 0 Å². The highest BCUT2D eigenvalue weighted by atomic mass is 32.2. The van der Waals surface area contributed by atoms with Crippen LogP contribution in [0.4, 0.5) is 0 Å². The third kappa shape index (κ3) is 5.12. The summed E-state index contributed by atoms with van der Waals surface area (Å²) in [4.78, 5) is 0. The Labute approximate surface area is 68.2 Å². The fourth-order valence-corrected chi connectivity index (χ4v) is 1.62. The Morgan fingerprint density at radius 3 is 2.40 bits per heavy atom. The van der Waals surface area contributed by atoms with Crippen LogP contribution in [-0.4, -0.2) is 22.2 Å². The molecule has 62 valence electrons. The molecule has 0 aromatic carbocycles. The third-order valence-corrected chi connectivity index (χ3v) is 2.77. The minimum absolute atomic E-state index is 0.0647. The first kappa shape index (κ1) is 10.3. The molecule has 2 heteroatoms. The number of thioether (sulfide) groups is 1. The molecule has 0 aliphatic carbocycles. The van der Waals surface area contributed by atoms with Gasteiger partial charge in [-0.3, -0.25) is 0 Å². The predicted octanol–water partition coefficient (Wildman–Crippen LogP) is 2.29. The van der Waals surface area contributed by atoms with Gasteiger partial charge >= 0.3 is 0 Å². The lowest BCUT2D eigenvalue weighted by Gasteiger charge is -2.20. The van der Waals surface area contributed by atoms with Crippen LogP contribution in [-0.2, 0) is 0 Å². The fraction of sp³-hybridized carbons (Fsp3) is 1.00. The second-order valence-electron chi connectivity index (χ2n) is 3.12. The molecule has 0 atom stereocenters. The average Bonchev–Trinajstić information content (AvgIpc) is 1.89. The number of rotatable bonds is 5. The second-order valence-corrected chi connectivity index (χ2v) is 4.92. The van der Waals surface area contributed by atoms with Crippen molar-refractivity contribution in [1.82, 2.24) is 0 Å². The van der Waals surface area contributed by atoms with Gasteiger partial charge in [-0.15, -0.1) is 0 Å². The van der Waals surface area contributed by atoms with Crippen LogP contribution in [0.1, 0.15) is 33.6 Å². The van der Waals surface area contributed by atoms with Crippen LogP contribution in [0.25, 0.3) is 0 Å². The van der Waals surface area contributed by atoms with Gasteiger partial charge in [0.15, 0.2) is 0 Å². The lowest BCUT2D eigenvalue weighted by molar-refractivity contribution is 0.265. The summed E-state index contributed by atoms with van der Waals surface area (Å²) in [6.45, 7) is 6.62. The number of hydrogen-bond donors (Lipinski definition) is 1. The fourth-order valence-electron chi connectivity index (χ4n) is 0.538. The number of aliphatic hydroxyl groups excluding tert-OH is 1. The molecule has 0 bridgehead atoms. The van der Waals surface area contributed by atoms with Gasteiger partial charge < -0.3 is 5.11 Å². The monoisotopic (exact) mass is 162 g/mol. The van der Waals surface area contributed by atoms with E-state index in [1.54, 1.807) is 0 Å². The van der Waals surface area contributed by atoms with E-state index in [-0.39, 0.29) is 11.4 Å². The molecule has 0 radical (unpaired) electrons. The molecular weight excluding hydrogens is 144 g/mol. The highest BCUT2D eigenvalue weighted by Gasteiger charge is 2.15. The van der Waals surface area contributed by atoms with Gasteiger partial charge in [-0.2, -0.15) is 11.8 Å². The zero-order chi connectivity index (χ0) is 8.04. The minimum Gasteiger partial charge on any atom is -0.395 e. The first-order valence-corrected chi connectivity index (χ1v) is 4.86. The van der Waals surface area contributed by atoms with Crippen molar-refractivity contribution in [2.24, 2.45) is 0 Å². The van der Waals surface area contributed by atoms with Crippen LogP contribution < -0.4 is 0 Å². The van der Waals surface area contributed by atoms with Crippen LogP contribution in [0.2, 0.25) is 0 Å². The molecule has 0 aliphatic heterocycles. The summed E-state index contributed by atoms with van der Waals surface area (Å²) in [5, 5.41) is 8.87. The van der Waals surface area contributed by atoms with E-state index in [1.165, 1.54) is 18.6 Å². The van der Waals surface area contributed by atoms with Gasteiger partial charge in [-0.1, -0.05) is 13.3 Å². The molecule has 0 fully saturated rings. The van der Waals surface area contributed by atoms with E-state index < -0.39 is 0 Å². The van der Waals surface area contributed by atoms with Crippen molar-refractivity contribution in [2.75, 3.05) is 12.4 Å². The van der Waals surface area contributed by atoms with Crippen molar-refractivity contribution >= 4 is 11.8 Å². The molecule has 0 unspecified atom stereocenters. The second kappa shape index (κ2) is 5.03. The highest BCUT2D eigenvalue weighted by Crippen LogP contribution is 2.24. The van der Waals surface area contributed by atoms with Gasteiger partial charge in [-0.25, -0.2) is 0 Å².